The Hall–Kier alpha value is -1.16. The Morgan fingerprint density at radius 1 is 1.45 bits per heavy atom. The number of aromatic amines is 1. The average molecular weight is 154 g/mol. The quantitative estimate of drug-likeness (QED) is 0.577. The molecular formula is C7H12N3O+. The van der Waals surface area contributed by atoms with Gasteiger partial charge in [-0.05, 0) is 0 Å². The molecule has 0 atom stereocenters. The highest BCUT2D eigenvalue weighted by atomic mass is 16.1. The third kappa shape index (κ3) is 1.88. The summed E-state index contributed by atoms with van der Waals surface area (Å²) < 4.78 is 0.657. The van der Waals surface area contributed by atoms with Crippen LogP contribution >= 0.6 is 0 Å². The summed E-state index contributed by atoms with van der Waals surface area (Å²) in [6.07, 6.45) is 3.26. The molecule has 1 aromatic rings. The molecule has 0 unspecified atom stereocenters. The van der Waals surface area contributed by atoms with Crippen molar-refractivity contribution in [2.75, 3.05) is 21.1 Å². The van der Waals surface area contributed by atoms with E-state index in [-0.39, 0.29) is 5.69 Å². The number of nitrogens with zero attached hydrogens (tertiary/aromatic N) is 2. The predicted octanol–water partition coefficient (Wildman–Crippen LogP) is -0.0334. The van der Waals surface area contributed by atoms with E-state index in [0.29, 0.717) is 4.48 Å². The highest BCUT2D eigenvalue weighted by molar-refractivity contribution is 5.34. The summed E-state index contributed by atoms with van der Waals surface area (Å²) >= 11 is 0. The van der Waals surface area contributed by atoms with E-state index in [4.69, 9.17) is 0 Å². The molecule has 0 aliphatic rings. The normalized spacial score (nSPS) is 11.5. The second-order valence-corrected chi connectivity index (χ2v) is 3.29. The fourth-order valence-corrected chi connectivity index (χ4v) is 0.702. The number of quaternary nitrogens is 1. The smallest absolute Gasteiger partial charge is 0.307 e. The van der Waals surface area contributed by atoms with E-state index in [0.717, 1.165) is 5.69 Å². The molecule has 0 saturated carbocycles. The Kier molecular flexibility index (Phi) is 1.78. The van der Waals surface area contributed by atoms with Gasteiger partial charge in [0.25, 0.3) is 0 Å². The Morgan fingerprint density at radius 2 is 2.09 bits per heavy atom. The van der Waals surface area contributed by atoms with E-state index in [2.05, 4.69) is 9.97 Å². The van der Waals surface area contributed by atoms with Crippen molar-refractivity contribution >= 4 is 5.69 Å². The molecule has 0 aliphatic carbocycles. The van der Waals surface area contributed by atoms with E-state index < -0.39 is 0 Å². The van der Waals surface area contributed by atoms with Crippen LogP contribution in [0, 0.1) is 0 Å². The van der Waals surface area contributed by atoms with Crippen LogP contribution in [-0.4, -0.2) is 31.1 Å². The molecule has 1 heterocycles. The predicted molar refractivity (Wildman–Crippen MR) is 44.4 cm³/mol. The molecule has 1 rings (SSSR count). The minimum absolute atomic E-state index is 0.304. The molecule has 0 aromatic carbocycles. The van der Waals surface area contributed by atoms with Gasteiger partial charge < -0.3 is 4.98 Å². The van der Waals surface area contributed by atoms with Crippen LogP contribution in [0.5, 0.6) is 0 Å². The first-order valence-corrected chi connectivity index (χ1v) is 3.37. The Bertz CT molecular complexity index is 277. The topological polar surface area (TPSA) is 45.8 Å². The largest absolute Gasteiger partial charge is 0.345 e. The van der Waals surface area contributed by atoms with Crippen molar-refractivity contribution in [2.24, 2.45) is 0 Å². The Balaban J connectivity index is 3.09. The second-order valence-electron chi connectivity index (χ2n) is 3.29. The lowest BCUT2D eigenvalue weighted by Gasteiger charge is -2.21. The van der Waals surface area contributed by atoms with Crippen molar-refractivity contribution in [3.63, 3.8) is 0 Å². The molecule has 0 saturated heterocycles. The molecule has 1 aromatic heterocycles. The first-order chi connectivity index (χ1) is 5.00. The van der Waals surface area contributed by atoms with E-state index in [9.17, 15) is 4.79 Å². The summed E-state index contributed by atoms with van der Waals surface area (Å²) in [5.41, 5.74) is 0.673. The van der Waals surface area contributed by atoms with Gasteiger partial charge in [0.05, 0.1) is 33.5 Å². The first kappa shape index (κ1) is 7.94. The molecule has 4 heteroatoms. The van der Waals surface area contributed by atoms with Crippen LogP contribution < -0.4 is 10.2 Å². The molecule has 1 N–H and O–H groups in total. The molecule has 0 amide bonds. The lowest BCUT2D eigenvalue weighted by atomic mass is 10.4. The third-order valence-corrected chi connectivity index (χ3v) is 1.43. The van der Waals surface area contributed by atoms with Crippen LogP contribution in [0.4, 0.5) is 5.69 Å². The van der Waals surface area contributed by atoms with Gasteiger partial charge in [0.15, 0.2) is 5.69 Å². The van der Waals surface area contributed by atoms with Gasteiger partial charge in [0, 0.05) is 0 Å². The van der Waals surface area contributed by atoms with Gasteiger partial charge in [-0.15, -0.1) is 0 Å². The molecule has 0 radical (unpaired) electrons. The molecule has 60 valence electrons. The summed E-state index contributed by atoms with van der Waals surface area (Å²) in [6, 6.07) is 0. The molecule has 11 heavy (non-hydrogen) atoms. The Morgan fingerprint density at radius 3 is 2.45 bits per heavy atom. The summed E-state index contributed by atoms with van der Waals surface area (Å²) in [5, 5.41) is 0. The molecular weight excluding hydrogens is 142 g/mol. The Labute approximate surface area is 65.1 Å². The van der Waals surface area contributed by atoms with E-state index >= 15 is 0 Å². The highest BCUT2D eigenvalue weighted by Crippen LogP contribution is 2.10. The third-order valence-electron chi connectivity index (χ3n) is 1.43. The average Bonchev–Trinajstić information content (AvgIpc) is 1.86. The van der Waals surface area contributed by atoms with Gasteiger partial charge in [-0.3, -0.25) is 4.48 Å². The number of hydrogen-bond acceptors (Lipinski definition) is 2. The molecule has 4 nitrogen and oxygen atoms in total. The standard InChI is InChI=1S/C7H11N3O/c1-10(2,3)6-4-8-7(11)9-5-6/h4-5H,1-3H3/p+1. The van der Waals surface area contributed by atoms with Crippen molar-refractivity contribution in [1.29, 1.82) is 0 Å². The van der Waals surface area contributed by atoms with Gasteiger partial charge in [-0.25, -0.2) is 4.79 Å². The van der Waals surface area contributed by atoms with Crippen LogP contribution in [0.2, 0.25) is 0 Å². The number of H-pyrrole nitrogens is 1. The minimum atomic E-state index is -0.304. The molecule has 0 bridgehead atoms. The van der Waals surface area contributed by atoms with E-state index in [1.165, 1.54) is 0 Å². The molecule has 0 aliphatic heterocycles. The summed E-state index contributed by atoms with van der Waals surface area (Å²) in [5.74, 6) is 0. The van der Waals surface area contributed by atoms with Crippen molar-refractivity contribution in [3.8, 4) is 0 Å². The number of rotatable bonds is 1. The van der Waals surface area contributed by atoms with Crippen LogP contribution in [0.15, 0.2) is 17.2 Å². The molecule has 0 fully saturated rings. The lowest BCUT2D eigenvalue weighted by molar-refractivity contribution is 0.482. The van der Waals surface area contributed by atoms with Crippen LogP contribution in [0.25, 0.3) is 0 Å². The van der Waals surface area contributed by atoms with Gasteiger partial charge in [0.1, 0.15) is 0 Å². The summed E-state index contributed by atoms with van der Waals surface area (Å²) in [6.45, 7) is 0. The maximum absolute atomic E-state index is 10.6. The SMILES string of the molecule is C[N+](C)(C)c1cnc(=O)[nH]c1. The van der Waals surface area contributed by atoms with Gasteiger partial charge in [-0.2, -0.15) is 4.98 Å². The lowest BCUT2D eigenvalue weighted by Crippen LogP contribution is -2.35. The second kappa shape index (κ2) is 2.47. The van der Waals surface area contributed by atoms with Crippen LogP contribution in [-0.2, 0) is 0 Å². The zero-order valence-electron chi connectivity index (χ0n) is 6.96. The van der Waals surface area contributed by atoms with Crippen LogP contribution in [0.1, 0.15) is 0 Å². The number of aromatic nitrogens is 2. The maximum Gasteiger partial charge on any atom is 0.345 e. The van der Waals surface area contributed by atoms with Gasteiger partial charge >= 0.3 is 5.69 Å². The maximum atomic E-state index is 10.6. The van der Waals surface area contributed by atoms with Crippen LogP contribution in [0.3, 0.4) is 0 Å². The van der Waals surface area contributed by atoms with Crippen molar-refractivity contribution in [2.45, 2.75) is 0 Å². The fraction of sp³-hybridized carbons (Fsp3) is 0.429. The van der Waals surface area contributed by atoms with Crippen molar-refractivity contribution in [1.82, 2.24) is 14.5 Å². The highest BCUT2D eigenvalue weighted by Gasteiger charge is 2.11. The first-order valence-electron chi connectivity index (χ1n) is 3.37. The zero-order chi connectivity index (χ0) is 8.48. The molecule has 0 spiro atoms. The zero-order valence-corrected chi connectivity index (χ0v) is 6.96. The number of nitrogens with one attached hydrogen (secondary N) is 1. The van der Waals surface area contributed by atoms with E-state index in [1.807, 2.05) is 21.1 Å². The van der Waals surface area contributed by atoms with Crippen molar-refractivity contribution < 1.29 is 0 Å². The van der Waals surface area contributed by atoms with Gasteiger partial charge in [0.2, 0.25) is 0 Å². The fourth-order valence-electron chi connectivity index (χ4n) is 0.702. The summed E-state index contributed by atoms with van der Waals surface area (Å²) in [7, 11) is 6.03. The van der Waals surface area contributed by atoms with E-state index in [1.54, 1.807) is 12.4 Å². The number of hydrogen-bond donors (Lipinski definition) is 1. The summed E-state index contributed by atoms with van der Waals surface area (Å²) in [4.78, 5) is 16.7. The minimum Gasteiger partial charge on any atom is -0.307 e. The van der Waals surface area contributed by atoms with Crippen molar-refractivity contribution in [3.05, 3.63) is 22.9 Å². The van der Waals surface area contributed by atoms with Gasteiger partial charge in [-0.1, -0.05) is 0 Å². The monoisotopic (exact) mass is 154 g/mol.